The highest BCUT2D eigenvalue weighted by Crippen LogP contribution is 2.50. The van der Waals surface area contributed by atoms with E-state index in [0.717, 1.165) is 5.39 Å². The summed E-state index contributed by atoms with van der Waals surface area (Å²) in [5, 5.41) is 0.718. The van der Waals surface area contributed by atoms with Crippen LogP contribution in [0, 0.1) is 0 Å². The molecule has 20 heavy (non-hydrogen) atoms. The second-order valence-corrected chi connectivity index (χ2v) is 7.83. The predicted octanol–water partition coefficient (Wildman–Crippen LogP) is -3.12. The highest BCUT2D eigenvalue weighted by molar-refractivity contribution is 7.38. The van der Waals surface area contributed by atoms with Crippen LogP contribution < -0.4 is 33.8 Å². The molecule has 0 radical (unpaired) electrons. The summed E-state index contributed by atoms with van der Waals surface area (Å²) in [6.45, 7) is 1.77. The van der Waals surface area contributed by atoms with Crippen molar-refractivity contribution in [3.63, 3.8) is 0 Å². The highest BCUT2D eigenvalue weighted by atomic mass is 127. The summed E-state index contributed by atoms with van der Waals surface area (Å²) in [4.78, 5) is 0.490. The zero-order chi connectivity index (χ0) is 15.6. The molecule has 2 rings (SSSR count). The number of hydrogen-bond donors (Lipinski definition) is 0. The standard InChI is InChI=1S/C11H10F3S.IO4/c1-2-9-7-8-5-3-4-6-10(8)15(9)11(12,13)14;2-1(3,4)5/h3-7H,2H2,1H3;/q+1;-1. The van der Waals surface area contributed by atoms with Gasteiger partial charge in [0.15, 0.2) is 9.58 Å². The Morgan fingerprint density at radius 1 is 1.10 bits per heavy atom. The van der Waals surface area contributed by atoms with Gasteiger partial charge >= 0.3 is 5.51 Å². The minimum atomic E-state index is -5.94. The van der Waals surface area contributed by atoms with Gasteiger partial charge in [0.05, 0.1) is 10.5 Å². The summed E-state index contributed by atoms with van der Waals surface area (Å²) in [6, 6.07) is 8.42. The number of aryl methyl sites for hydroxylation is 1. The Labute approximate surface area is 121 Å². The normalized spacial score (nSPS) is 13.1. The molecule has 0 bridgehead atoms. The van der Waals surface area contributed by atoms with E-state index in [9.17, 15) is 13.2 Å². The zero-order valence-corrected chi connectivity index (χ0v) is 13.1. The van der Waals surface area contributed by atoms with Crippen molar-refractivity contribution in [2.24, 2.45) is 0 Å². The van der Waals surface area contributed by atoms with Gasteiger partial charge in [0, 0.05) is 17.9 Å². The quantitative estimate of drug-likeness (QED) is 0.359. The SMILES string of the molecule is CCc1cc2ccccc2[s+]1C(F)(F)F.[O-][I+3]([O-])([O-])[O-]. The van der Waals surface area contributed by atoms with Gasteiger partial charge in [-0.05, 0) is 12.1 Å². The van der Waals surface area contributed by atoms with Crippen LogP contribution in [0.2, 0.25) is 0 Å². The van der Waals surface area contributed by atoms with Gasteiger partial charge in [-0.3, -0.25) is 13.7 Å². The Hall–Kier alpha value is -0.460. The van der Waals surface area contributed by atoms with E-state index in [4.69, 9.17) is 13.7 Å². The molecule has 0 saturated heterocycles. The Kier molecular flexibility index (Phi) is 5.75. The summed E-state index contributed by atoms with van der Waals surface area (Å²) < 4.78 is 73.4. The molecule has 4 nitrogen and oxygen atoms in total. The minimum Gasteiger partial charge on any atom is -0.286 e. The number of halogens is 4. The Bertz CT molecular complexity index is 571. The van der Waals surface area contributed by atoms with Crippen LogP contribution >= 0.6 is 10.5 Å². The van der Waals surface area contributed by atoms with Gasteiger partial charge in [0.25, 0.3) is 0 Å². The highest BCUT2D eigenvalue weighted by Gasteiger charge is 2.47. The average molecular weight is 422 g/mol. The number of rotatable bonds is 1. The molecule has 0 fully saturated rings. The van der Waals surface area contributed by atoms with Crippen molar-refractivity contribution in [3.05, 3.63) is 35.2 Å². The number of benzene rings is 1. The average Bonchev–Trinajstić information content (AvgIpc) is 2.64. The summed E-state index contributed by atoms with van der Waals surface area (Å²) in [7, 11) is -1.70. The smallest absolute Gasteiger partial charge is 0.286 e. The molecule has 1 atom stereocenters. The molecule has 1 unspecified atom stereocenters. The minimum absolute atomic E-state index is 0.418. The van der Waals surface area contributed by atoms with Crippen LogP contribution in [0.3, 0.4) is 0 Å². The molecule has 9 heteroatoms. The Balaban J connectivity index is 0.000000347. The summed E-state index contributed by atoms with van der Waals surface area (Å²) in [5.74, 6) is 0. The van der Waals surface area contributed by atoms with Crippen molar-refractivity contribution in [1.82, 2.24) is 0 Å². The van der Waals surface area contributed by atoms with Crippen LogP contribution in [-0.4, -0.2) is 0 Å². The van der Waals surface area contributed by atoms with Crippen molar-refractivity contribution in [2.45, 2.75) is 18.9 Å². The van der Waals surface area contributed by atoms with Crippen LogP contribution in [0.5, 0.6) is 0 Å². The molecule has 0 N–H and O–H groups in total. The van der Waals surface area contributed by atoms with E-state index < -0.39 is 36.1 Å². The first kappa shape index (κ1) is 17.6. The van der Waals surface area contributed by atoms with Crippen LogP contribution in [0.25, 0.3) is 10.1 Å². The number of hydrogen-bond acceptors (Lipinski definition) is 4. The van der Waals surface area contributed by atoms with E-state index in [1.807, 2.05) is 0 Å². The summed E-state index contributed by atoms with van der Waals surface area (Å²) >= 11 is -5.94. The molecule has 1 aromatic heterocycles. The predicted molar refractivity (Wildman–Crippen MR) is 57.1 cm³/mol. The topological polar surface area (TPSA) is 92.2 Å². The maximum absolute atomic E-state index is 12.8. The van der Waals surface area contributed by atoms with Crippen LogP contribution in [0.1, 0.15) is 11.8 Å². The fourth-order valence-corrected chi connectivity index (χ4v) is 3.62. The monoisotopic (exact) mass is 422 g/mol. The number of fused-ring (bicyclic) bond motifs is 1. The largest absolute Gasteiger partial charge is 0.600 e. The second-order valence-electron chi connectivity index (χ2n) is 3.63. The lowest BCUT2D eigenvalue weighted by Gasteiger charge is -2.08. The summed E-state index contributed by atoms with van der Waals surface area (Å²) in [6.07, 6.45) is 0.456. The first-order valence-electron chi connectivity index (χ1n) is 5.26. The van der Waals surface area contributed by atoms with E-state index in [1.54, 1.807) is 37.3 Å². The van der Waals surface area contributed by atoms with E-state index in [2.05, 4.69) is 0 Å². The Morgan fingerprint density at radius 3 is 2.05 bits per heavy atom. The molecule has 2 aromatic rings. The van der Waals surface area contributed by atoms with Crippen molar-refractivity contribution >= 4 is 20.6 Å². The Morgan fingerprint density at radius 2 is 1.60 bits per heavy atom. The van der Waals surface area contributed by atoms with Crippen molar-refractivity contribution in [1.29, 1.82) is 0 Å². The van der Waals surface area contributed by atoms with Crippen molar-refractivity contribution in [2.75, 3.05) is 0 Å². The van der Waals surface area contributed by atoms with Crippen molar-refractivity contribution < 1.29 is 47.0 Å². The van der Waals surface area contributed by atoms with Crippen LogP contribution in [-0.2, 0) is 11.9 Å². The molecule has 0 aliphatic rings. The molecule has 0 amide bonds. The molecule has 112 valence electrons. The van der Waals surface area contributed by atoms with Gasteiger partial charge in [-0.15, -0.1) is 13.2 Å². The van der Waals surface area contributed by atoms with E-state index >= 15 is 0 Å². The lowest BCUT2D eigenvalue weighted by atomic mass is 10.2. The first-order chi connectivity index (χ1) is 9.04. The lowest BCUT2D eigenvalue weighted by molar-refractivity contribution is -2.00. The fourth-order valence-electron chi connectivity index (χ4n) is 1.68. The van der Waals surface area contributed by atoms with Crippen LogP contribution in [0.4, 0.5) is 13.2 Å². The lowest BCUT2D eigenvalue weighted by Crippen LogP contribution is -4.29. The molecule has 0 aliphatic carbocycles. The molecular formula is C11H10F3IO4S. The van der Waals surface area contributed by atoms with E-state index in [1.165, 1.54) is 0 Å². The van der Waals surface area contributed by atoms with Gasteiger partial charge in [0.1, 0.15) is 20.1 Å². The molecule has 0 spiro atoms. The van der Waals surface area contributed by atoms with Crippen LogP contribution in [0.15, 0.2) is 30.3 Å². The maximum Gasteiger partial charge on any atom is 0.600 e. The van der Waals surface area contributed by atoms with Gasteiger partial charge in [0.2, 0.25) is 0 Å². The van der Waals surface area contributed by atoms with E-state index in [0.29, 0.717) is 16.0 Å². The maximum atomic E-state index is 12.8. The molecular weight excluding hydrogens is 412 g/mol. The molecule has 1 heterocycles. The van der Waals surface area contributed by atoms with Gasteiger partial charge in [-0.1, -0.05) is 19.1 Å². The second kappa shape index (κ2) is 6.54. The fraction of sp³-hybridized carbons (Fsp3) is 0.273. The third-order valence-corrected chi connectivity index (χ3v) is 4.50. The molecule has 1 aromatic carbocycles. The molecule has 0 aliphatic heterocycles. The van der Waals surface area contributed by atoms with Gasteiger partial charge in [-0.25, -0.2) is 0 Å². The zero-order valence-electron chi connectivity index (χ0n) is 10.1. The van der Waals surface area contributed by atoms with E-state index in [-0.39, 0.29) is 0 Å². The third kappa shape index (κ3) is 5.14. The summed E-state index contributed by atoms with van der Waals surface area (Å²) in [5.41, 5.74) is -4.14. The van der Waals surface area contributed by atoms with Gasteiger partial charge in [-0.2, -0.15) is 0 Å². The first-order valence-corrected chi connectivity index (χ1v) is 10.0. The third-order valence-electron chi connectivity index (χ3n) is 2.30. The molecule has 0 saturated carbocycles. The van der Waals surface area contributed by atoms with Crippen molar-refractivity contribution in [3.8, 4) is 0 Å². The number of alkyl halides is 3. The van der Waals surface area contributed by atoms with Gasteiger partial charge < -0.3 is 0 Å². The number of thiophene rings is 1.